The lowest BCUT2D eigenvalue weighted by Crippen LogP contribution is -2.25. The molecule has 4 rings (SSSR count). The molecule has 3 nitrogen and oxygen atoms in total. The van der Waals surface area contributed by atoms with Crippen molar-refractivity contribution in [2.45, 2.75) is 57.7 Å². The molecule has 30 heavy (non-hydrogen) atoms. The van der Waals surface area contributed by atoms with Crippen LogP contribution in [0.3, 0.4) is 0 Å². The Bertz CT molecular complexity index is 872. The highest BCUT2D eigenvalue weighted by molar-refractivity contribution is 7.82. The average molecular weight is 423 g/mol. The topological polar surface area (TPSA) is 35.5 Å². The molecule has 2 aromatic carbocycles. The molecule has 1 saturated heterocycles. The van der Waals surface area contributed by atoms with E-state index in [-0.39, 0.29) is 12.9 Å². The highest BCUT2D eigenvalue weighted by Gasteiger charge is 2.33. The first-order chi connectivity index (χ1) is 14.8. The van der Waals surface area contributed by atoms with Crippen molar-refractivity contribution < 1.29 is 14.0 Å². The second kappa shape index (κ2) is 10.4. The molecule has 2 aromatic rings. The summed E-state index contributed by atoms with van der Waals surface area (Å²) in [5, 5.41) is 2.44. The van der Waals surface area contributed by atoms with Crippen LogP contribution >= 0.6 is 7.14 Å². The van der Waals surface area contributed by atoms with E-state index < -0.39 is 7.14 Å². The van der Waals surface area contributed by atoms with Crippen molar-refractivity contribution >= 4 is 17.8 Å². The van der Waals surface area contributed by atoms with Gasteiger partial charge in [-0.25, -0.2) is 0 Å². The van der Waals surface area contributed by atoms with Gasteiger partial charge in [0, 0.05) is 17.2 Å². The third kappa shape index (κ3) is 5.05. The summed E-state index contributed by atoms with van der Waals surface area (Å²) in [6, 6.07) is 19.7. The predicted octanol–water partition coefficient (Wildman–Crippen LogP) is 5.92. The van der Waals surface area contributed by atoms with Crippen molar-refractivity contribution in [3.8, 4) is 0 Å². The van der Waals surface area contributed by atoms with Crippen molar-refractivity contribution in [3.63, 3.8) is 0 Å². The van der Waals surface area contributed by atoms with E-state index in [1.807, 2.05) is 60.7 Å². The van der Waals surface area contributed by atoms with Gasteiger partial charge in [0.1, 0.15) is 0 Å². The molecule has 158 valence electrons. The second-order valence-electron chi connectivity index (χ2n) is 8.12. The maximum Gasteiger partial charge on any atom is 0.176 e. The summed E-state index contributed by atoms with van der Waals surface area (Å²) in [7, 11) is -3.06. The zero-order valence-electron chi connectivity index (χ0n) is 17.6. The summed E-state index contributed by atoms with van der Waals surface area (Å²) in [6.07, 6.45) is 8.57. The van der Waals surface area contributed by atoms with Crippen LogP contribution in [0, 0.1) is 0 Å². The highest BCUT2D eigenvalue weighted by atomic mass is 31.2. The van der Waals surface area contributed by atoms with Crippen LogP contribution in [-0.4, -0.2) is 19.5 Å². The Labute approximate surface area is 180 Å². The van der Waals surface area contributed by atoms with Crippen LogP contribution in [0.25, 0.3) is 0 Å². The van der Waals surface area contributed by atoms with E-state index in [1.54, 1.807) is 0 Å². The van der Waals surface area contributed by atoms with Crippen LogP contribution in [-0.2, 0) is 14.0 Å². The molecule has 4 heteroatoms. The molecule has 2 aliphatic rings. The van der Waals surface area contributed by atoms with E-state index in [9.17, 15) is 4.57 Å². The molecule has 0 aromatic heterocycles. The normalized spacial score (nSPS) is 19.9. The molecule has 0 N–H and O–H groups in total. The molecule has 1 unspecified atom stereocenters. The Morgan fingerprint density at radius 3 is 2.10 bits per heavy atom. The first-order valence-electron chi connectivity index (χ1n) is 11.2. The fraction of sp³-hybridized carbons (Fsp3) is 0.423. The zero-order chi connectivity index (χ0) is 20.7. The average Bonchev–Trinajstić information content (AvgIpc) is 2.83. The van der Waals surface area contributed by atoms with Crippen molar-refractivity contribution in [2.24, 2.45) is 0 Å². The first-order valence-corrected chi connectivity index (χ1v) is 12.9. The lowest BCUT2D eigenvalue weighted by Gasteiger charge is -2.26. The van der Waals surface area contributed by atoms with Crippen molar-refractivity contribution in [2.75, 3.05) is 13.2 Å². The molecule has 1 atom stereocenters. The van der Waals surface area contributed by atoms with Crippen molar-refractivity contribution in [1.82, 2.24) is 0 Å². The van der Waals surface area contributed by atoms with E-state index in [2.05, 4.69) is 5.73 Å². The molecule has 1 heterocycles. The van der Waals surface area contributed by atoms with Gasteiger partial charge >= 0.3 is 0 Å². The number of benzene rings is 2. The van der Waals surface area contributed by atoms with Gasteiger partial charge < -0.3 is 14.0 Å². The Morgan fingerprint density at radius 1 is 0.900 bits per heavy atom. The summed E-state index contributed by atoms with van der Waals surface area (Å²) < 4.78 is 26.8. The molecule has 1 aliphatic heterocycles. The van der Waals surface area contributed by atoms with Crippen LogP contribution in [0.15, 0.2) is 77.3 Å². The van der Waals surface area contributed by atoms with Gasteiger partial charge in [0.15, 0.2) is 13.4 Å². The van der Waals surface area contributed by atoms with Crippen LogP contribution < -0.4 is 10.6 Å². The second-order valence-corrected chi connectivity index (χ2v) is 10.9. The number of hydrogen-bond donors (Lipinski definition) is 0. The Kier molecular flexibility index (Phi) is 7.42. The summed E-state index contributed by atoms with van der Waals surface area (Å²) in [5.74, 6) is 0. The van der Waals surface area contributed by atoms with Crippen LogP contribution in [0.2, 0.25) is 0 Å². The van der Waals surface area contributed by atoms with E-state index in [0.29, 0.717) is 0 Å². The van der Waals surface area contributed by atoms with E-state index in [0.717, 1.165) is 54.6 Å². The van der Waals surface area contributed by atoms with Gasteiger partial charge in [-0.05, 0) is 50.5 Å². The fourth-order valence-corrected chi connectivity index (χ4v) is 6.94. The monoisotopic (exact) mass is 422 g/mol. The fourth-order valence-electron chi connectivity index (χ4n) is 4.26. The van der Waals surface area contributed by atoms with Crippen molar-refractivity contribution in [1.29, 1.82) is 0 Å². The van der Waals surface area contributed by atoms with E-state index in [1.165, 1.54) is 24.8 Å². The van der Waals surface area contributed by atoms with Crippen molar-refractivity contribution in [3.05, 3.63) is 77.3 Å². The van der Waals surface area contributed by atoms with Crippen LogP contribution in [0.1, 0.15) is 51.4 Å². The Hall–Kier alpha value is -1.89. The molecule has 0 radical (unpaired) electrons. The van der Waals surface area contributed by atoms with Gasteiger partial charge in [-0.15, -0.1) is 5.73 Å². The molecule has 1 aliphatic carbocycles. The summed E-state index contributed by atoms with van der Waals surface area (Å²) in [4.78, 5) is 0. The molecule has 0 spiro atoms. The third-order valence-corrected chi connectivity index (χ3v) is 8.99. The van der Waals surface area contributed by atoms with Gasteiger partial charge in [-0.3, -0.25) is 0 Å². The molecular weight excluding hydrogens is 391 g/mol. The lowest BCUT2D eigenvalue weighted by molar-refractivity contribution is -0.156. The number of hydrogen-bond acceptors (Lipinski definition) is 3. The predicted molar refractivity (Wildman–Crippen MR) is 123 cm³/mol. The van der Waals surface area contributed by atoms with Gasteiger partial charge in [0.25, 0.3) is 0 Å². The smallest absolute Gasteiger partial charge is 0.176 e. The Balaban J connectivity index is 1.78. The molecule has 0 amide bonds. The molecule has 0 bridgehead atoms. The summed E-state index contributed by atoms with van der Waals surface area (Å²) in [6.45, 7) is 1.02. The quantitative estimate of drug-likeness (QED) is 0.428. The van der Waals surface area contributed by atoms with Gasteiger partial charge in [0.2, 0.25) is 0 Å². The Morgan fingerprint density at radius 2 is 1.53 bits per heavy atom. The lowest BCUT2D eigenvalue weighted by atomic mass is 9.96. The van der Waals surface area contributed by atoms with E-state index in [4.69, 9.17) is 9.47 Å². The number of rotatable bonds is 6. The third-order valence-electron chi connectivity index (χ3n) is 5.94. The molecular formula is C26H31O3P. The minimum absolute atomic E-state index is 0.216. The maximum absolute atomic E-state index is 14.8. The minimum Gasteiger partial charge on any atom is -0.353 e. The summed E-state index contributed by atoms with van der Waals surface area (Å²) in [5.41, 5.74) is 4.90. The zero-order valence-corrected chi connectivity index (χ0v) is 18.5. The molecule has 2 fully saturated rings. The molecule has 1 saturated carbocycles. The standard InChI is InChI=1S/C26H31O3P/c27-30(23-14-6-2-7-15-23,24-16-8-3-9-17-24)25(20-22-12-4-1-5-13-22)21-29-26-18-10-11-19-28-26/h2-3,6-9,14-17,26H,1,4-5,10-13,18-19,21H2. The van der Waals surface area contributed by atoms with Gasteiger partial charge in [-0.1, -0.05) is 67.1 Å². The van der Waals surface area contributed by atoms with Crippen LogP contribution in [0.4, 0.5) is 0 Å². The largest absolute Gasteiger partial charge is 0.353 e. The van der Waals surface area contributed by atoms with Gasteiger partial charge in [0.05, 0.1) is 11.9 Å². The minimum atomic E-state index is -3.06. The van der Waals surface area contributed by atoms with Crippen LogP contribution in [0.5, 0.6) is 0 Å². The maximum atomic E-state index is 14.8. The van der Waals surface area contributed by atoms with E-state index >= 15 is 0 Å². The van der Waals surface area contributed by atoms with Gasteiger partial charge in [-0.2, -0.15) is 0 Å². The number of ether oxygens (including phenoxy) is 2. The summed E-state index contributed by atoms with van der Waals surface area (Å²) >= 11 is 0. The SMILES string of the molecule is O=P(C(=C=C1CCCCC1)COC1CCCCO1)(c1ccccc1)c1ccccc1. The first kappa shape index (κ1) is 21.3. The highest BCUT2D eigenvalue weighted by Crippen LogP contribution is 2.52.